The van der Waals surface area contributed by atoms with Gasteiger partial charge in [0.1, 0.15) is 0 Å². The molecule has 4 rings (SSSR count). The number of fused-ring (bicyclic) bond motifs is 2. The average Bonchev–Trinajstić information content (AvgIpc) is 3.16. The van der Waals surface area contributed by atoms with Gasteiger partial charge in [-0.15, -0.1) is 0 Å². The second-order valence-electron chi connectivity index (χ2n) is 7.99. The van der Waals surface area contributed by atoms with Crippen molar-refractivity contribution in [2.45, 2.75) is 56.7 Å². The van der Waals surface area contributed by atoms with E-state index in [4.69, 9.17) is 9.47 Å². The predicted octanol–water partition coefficient (Wildman–Crippen LogP) is 2.29. The fourth-order valence-corrected chi connectivity index (χ4v) is 4.69. The zero-order valence-corrected chi connectivity index (χ0v) is 16.0. The number of benzene rings is 1. The van der Waals surface area contributed by atoms with E-state index in [-0.39, 0.29) is 18.4 Å². The van der Waals surface area contributed by atoms with Gasteiger partial charge in [0.25, 0.3) is 5.91 Å². The second kappa shape index (κ2) is 6.88. The Hall–Kier alpha value is -2.41. The third kappa shape index (κ3) is 2.98. The first-order chi connectivity index (χ1) is 13.4. The van der Waals surface area contributed by atoms with E-state index >= 15 is 0 Å². The summed E-state index contributed by atoms with van der Waals surface area (Å²) in [5, 5.41) is 11.0. The number of rotatable bonds is 4. The summed E-state index contributed by atoms with van der Waals surface area (Å²) >= 11 is 0. The van der Waals surface area contributed by atoms with Crippen molar-refractivity contribution < 1.29 is 29.0 Å². The van der Waals surface area contributed by atoms with Crippen LogP contribution in [-0.2, 0) is 31.1 Å². The summed E-state index contributed by atoms with van der Waals surface area (Å²) in [6.07, 6.45) is 2.00. The van der Waals surface area contributed by atoms with Gasteiger partial charge in [0.15, 0.2) is 0 Å². The van der Waals surface area contributed by atoms with Crippen molar-refractivity contribution in [3.05, 3.63) is 35.4 Å². The summed E-state index contributed by atoms with van der Waals surface area (Å²) in [6.45, 7) is 1.99. The van der Waals surface area contributed by atoms with Crippen LogP contribution in [0, 0.1) is 5.92 Å². The van der Waals surface area contributed by atoms with Gasteiger partial charge in [-0.1, -0.05) is 24.3 Å². The Kier molecular flexibility index (Phi) is 4.65. The summed E-state index contributed by atoms with van der Waals surface area (Å²) in [7, 11) is 0. The molecule has 2 aliphatic carbocycles. The highest BCUT2D eigenvalue weighted by Crippen LogP contribution is 2.46. The van der Waals surface area contributed by atoms with Crippen LogP contribution < -0.4 is 0 Å². The van der Waals surface area contributed by atoms with Gasteiger partial charge in [-0.3, -0.25) is 9.59 Å². The Morgan fingerprint density at radius 2 is 1.96 bits per heavy atom. The molecular formula is C21H25NO6. The van der Waals surface area contributed by atoms with Crippen molar-refractivity contribution in [1.82, 2.24) is 4.90 Å². The number of amides is 2. The molecule has 0 aromatic heterocycles. The first-order valence-electron chi connectivity index (χ1n) is 9.91. The summed E-state index contributed by atoms with van der Waals surface area (Å²) in [5.41, 5.74) is -0.707. The average molecular weight is 387 g/mol. The van der Waals surface area contributed by atoms with E-state index in [1.807, 2.05) is 24.3 Å². The van der Waals surface area contributed by atoms with Gasteiger partial charge < -0.3 is 14.6 Å². The van der Waals surface area contributed by atoms with E-state index in [9.17, 15) is 19.5 Å². The molecule has 1 heterocycles. The molecule has 2 fully saturated rings. The number of ether oxygens (including phenoxy) is 2. The van der Waals surface area contributed by atoms with Crippen LogP contribution in [0.4, 0.5) is 4.79 Å². The number of aliphatic hydroxyl groups is 1. The van der Waals surface area contributed by atoms with Crippen LogP contribution in [0.25, 0.3) is 0 Å². The van der Waals surface area contributed by atoms with Crippen LogP contribution in [0.3, 0.4) is 0 Å². The lowest BCUT2D eigenvalue weighted by Crippen LogP contribution is -2.49. The predicted molar refractivity (Wildman–Crippen MR) is 98.2 cm³/mol. The number of esters is 1. The van der Waals surface area contributed by atoms with Gasteiger partial charge in [0, 0.05) is 12.0 Å². The molecule has 2 amide bonds. The zero-order chi connectivity index (χ0) is 19.9. The Balaban J connectivity index is 1.47. The molecular weight excluding hydrogens is 362 g/mol. The molecule has 0 bridgehead atoms. The van der Waals surface area contributed by atoms with Gasteiger partial charge in [-0.2, -0.15) is 0 Å². The quantitative estimate of drug-likeness (QED) is 0.797. The highest BCUT2D eigenvalue weighted by atomic mass is 16.6. The Morgan fingerprint density at radius 1 is 1.25 bits per heavy atom. The number of nitrogens with zero attached hydrogens (tertiary/aromatic N) is 1. The SMILES string of the molecule is CCOC(=O)C1CCC(O)(CN2C(=O)OC3(CCc4ccccc43)C2=O)CC1. The molecule has 1 unspecified atom stereocenters. The maximum atomic E-state index is 13.2. The van der Waals surface area contributed by atoms with E-state index < -0.39 is 23.2 Å². The maximum absolute atomic E-state index is 13.2. The third-order valence-electron chi connectivity index (χ3n) is 6.26. The van der Waals surface area contributed by atoms with Gasteiger partial charge in [-0.25, -0.2) is 9.69 Å². The van der Waals surface area contributed by atoms with E-state index in [0.717, 1.165) is 16.0 Å². The first-order valence-corrected chi connectivity index (χ1v) is 9.91. The summed E-state index contributed by atoms with van der Waals surface area (Å²) < 4.78 is 10.6. The van der Waals surface area contributed by atoms with Crippen LogP contribution in [0.1, 0.15) is 50.2 Å². The minimum Gasteiger partial charge on any atom is -0.466 e. The molecule has 1 aliphatic heterocycles. The fraction of sp³-hybridized carbons (Fsp3) is 0.571. The topological polar surface area (TPSA) is 93.1 Å². The molecule has 150 valence electrons. The largest absolute Gasteiger partial charge is 0.466 e. The molecule has 1 spiro atoms. The Labute approximate surface area is 163 Å². The van der Waals surface area contributed by atoms with Crippen LogP contribution >= 0.6 is 0 Å². The summed E-state index contributed by atoms with van der Waals surface area (Å²) in [4.78, 5) is 38.6. The zero-order valence-electron chi connectivity index (χ0n) is 16.0. The van der Waals surface area contributed by atoms with E-state index in [2.05, 4.69) is 0 Å². The Morgan fingerprint density at radius 3 is 2.68 bits per heavy atom. The number of imide groups is 1. The van der Waals surface area contributed by atoms with Crippen LogP contribution in [0.2, 0.25) is 0 Å². The number of carbonyl (C=O) groups excluding carboxylic acids is 3. The third-order valence-corrected chi connectivity index (χ3v) is 6.26. The lowest BCUT2D eigenvalue weighted by Gasteiger charge is -2.36. The molecule has 7 nitrogen and oxygen atoms in total. The molecule has 3 aliphatic rings. The number of hydrogen-bond donors (Lipinski definition) is 1. The molecule has 1 saturated carbocycles. The standard InChI is InChI=1S/C21H25NO6/c1-2-27-17(23)15-7-10-20(26,11-8-15)13-22-18(24)21(28-19(22)25)12-9-14-5-3-4-6-16(14)21/h3-6,15,26H,2,7-13H2,1H3. The second-order valence-corrected chi connectivity index (χ2v) is 7.99. The number of carbonyl (C=O) groups is 3. The van der Waals surface area contributed by atoms with E-state index in [0.29, 0.717) is 45.1 Å². The van der Waals surface area contributed by atoms with Crippen molar-refractivity contribution in [1.29, 1.82) is 0 Å². The Bertz CT molecular complexity index is 813. The van der Waals surface area contributed by atoms with Crippen molar-refractivity contribution in [3.8, 4) is 0 Å². The van der Waals surface area contributed by atoms with Crippen molar-refractivity contribution >= 4 is 18.0 Å². The normalized spacial score (nSPS) is 31.8. The van der Waals surface area contributed by atoms with Gasteiger partial charge in [0.2, 0.25) is 5.60 Å². The van der Waals surface area contributed by atoms with Crippen LogP contribution in [0.5, 0.6) is 0 Å². The summed E-state index contributed by atoms with van der Waals surface area (Å²) in [5.74, 6) is -0.888. The molecule has 0 radical (unpaired) electrons. The smallest absolute Gasteiger partial charge is 0.418 e. The fourth-order valence-electron chi connectivity index (χ4n) is 4.69. The molecule has 1 N–H and O–H groups in total. The molecule has 1 aromatic carbocycles. The minimum atomic E-state index is -1.26. The molecule has 1 aromatic rings. The number of aryl methyl sites for hydroxylation is 1. The van der Waals surface area contributed by atoms with Crippen molar-refractivity contribution in [2.24, 2.45) is 5.92 Å². The maximum Gasteiger partial charge on any atom is 0.418 e. The first kappa shape index (κ1) is 18.9. The molecule has 1 saturated heterocycles. The molecule has 1 atom stereocenters. The minimum absolute atomic E-state index is 0.107. The lowest BCUT2D eigenvalue weighted by molar-refractivity contribution is -0.152. The highest BCUT2D eigenvalue weighted by Gasteiger charge is 2.59. The van der Waals surface area contributed by atoms with Gasteiger partial charge >= 0.3 is 12.1 Å². The van der Waals surface area contributed by atoms with Crippen LogP contribution in [-0.4, -0.2) is 46.7 Å². The number of hydrogen-bond acceptors (Lipinski definition) is 6. The molecule has 7 heteroatoms. The summed E-state index contributed by atoms with van der Waals surface area (Å²) in [6, 6.07) is 7.51. The number of β-amino-alcohol motifs (C(OH)–C–C–N with tert-alkyl or cyclic N) is 1. The monoisotopic (exact) mass is 387 g/mol. The highest BCUT2D eigenvalue weighted by molar-refractivity contribution is 6.04. The van der Waals surface area contributed by atoms with E-state index in [1.54, 1.807) is 6.92 Å². The molecule has 28 heavy (non-hydrogen) atoms. The van der Waals surface area contributed by atoms with Crippen LogP contribution in [0.15, 0.2) is 24.3 Å². The van der Waals surface area contributed by atoms with Gasteiger partial charge in [0.05, 0.1) is 24.7 Å². The lowest BCUT2D eigenvalue weighted by atomic mass is 9.78. The van der Waals surface area contributed by atoms with Gasteiger partial charge in [-0.05, 0) is 44.6 Å². The van der Waals surface area contributed by atoms with E-state index in [1.165, 1.54) is 0 Å². The van der Waals surface area contributed by atoms with Crippen molar-refractivity contribution in [2.75, 3.05) is 13.2 Å². The van der Waals surface area contributed by atoms with Crippen molar-refractivity contribution in [3.63, 3.8) is 0 Å².